The Balaban J connectivity index is 1.66. The number of benzene rings is 1. The van der Waals surface area contributed by atoms with Gasteiger partial charge in [-0.05, 0) is 17.5 Å². The average molecular weight is 202 g/mol. The Labute approximate surface area is 88.9 Å². The third-order valence-electron chi connectivity index (χ3n) is 3.45. The number of carbonyl (C=O) groups is 1. The zero-order valence-corrected chi connectivity index (χ0v) is 8.52. The molecule has 0 saturated carbocycles. The monoisotopic (exact) mass is 202 g/mol. The van der Waals surface area contributed by atoms with E-state index >= 15 is 0 Å². The van der Waals surface area contributed by atoms with E-state index in [0.717, 1.165) is 19.5 Å². The maximum atomic E-state index is 11.3. The first-order valence-electron chi connectivity index (χ1n) is 5.38. The fraction of sp³-hybridized carbons (Fsp3) is 0.417. The smallest absolute Gasteiger partial charge is 0.241 e. The second-order valence-corrected chi connectivity index (χ2v) is 4.45. The van der Waals surface area contributed by atoms with Crippen LogP contribution in [0.1, 0.15) is 17.0 Å². The Morgan fingerprint density at radius 3 is 2.87 bits per heavy atom. The zero-order valence-electron chi connectivity index (χ0n) is 8.52. The summed E-state index contributed by atoms with van der Waals surface area (Å²) in [5.74, 6) is 0.650. The van der Waals surface area contributed by atoms with Gasteiger partial charge in [0.15, 0.2) is 0 Å². The molecule has 3 heteroatoms. The number of hydrogen-bond donors (Lipinski definition) is 1. The number of amides is 1. The van der Waals surface area contributed by atoms with Gasteiger partial charge in [0.05, 0.1) is 0 Å². The highest BCUT2D eigenvalue weighted by Crippen LogP contribution is 2.35. The van der Waals surface area contributed by atoms with Crippen molar-refractivity contribution in [3.05, 3.63) is 35.4 Å². The lowest BCUT2D eigenvalue weighted by atomic mass is 9.77. The lowest BCUT2D eigenvalue weighted by Crippen LogP contribution is -2.62. The van der Waals surface area contributed by atoms with Crippen LogP contribution in [0.5, 0.6) is 0 Å². The fourth-order valence-corrected chi connectivity index (χ4v) is 2.48. The Morgan fingerprint density at radius 2 is 2.20 bits per heavy atom. The van der Waals surface area contributed by atoms with Gasteiger partial charge in [-0.25, -0.2) is 0 Å². The summed E-state index contributed by atoms with van der Waals surface area (Å²) < 4.78 is 0. The molecule has 0 radical (unpaired) electrons. The quantitative estimate of drug-likeness (QED) is 0.710. The molecule has 3 nitrogen and oxygen atoms in total. The molecule has 1 heterocycles. The van der Waals surface area contributed by atoms with Crippen molar-refractivity contribution >= 4 is 5.91 Å². The molecule has 3 rings (SSSR count). The topological polar surface area (TPSA) is 46.3 Å². The van der Waals surface area contributed by atoms with Crippen LogP contribution in [-0.4, -0.2) is 29.9 Å². The summed E-state index contributed by atoms with van der Waals surface area (Å²) >= 11 is 0. The van der Waals surface area contributed by atoms with Crippen molar-refractivity contribution in [2.24, 2.45) is 5.73 Å². The summed E-state index contributed by atoms with van der Waals surface area (Å²) in [5.41, 5.74) is 8.39. The largest absolute Gasteiger partial charge is 0.339 e. The molecule has 0 aromatic heterocycles. The highest BCUT2D eigenvalue weighted by Gasteiger charge is 2.37. The molecule has 15 heavy (non-hydrogen) atoms. The number of nitrogens with two attached hydrogens (primary N) is 1. The van der Waals surface area contributed by atoms with Crippen LogP contribution in [0.4, 0.5) is 0 Å². The number of nitrogens with zero attached hydrogens (tertiary/aromatic N) is 1. The van der Waals surface area contributed by atoms with Crippen molar-refractivity contribution in [1.82, 2.24) is 4.90 Å². The van der Waals surface area contributed by atoms with Crippen LogP contribution in [0.25, 0.3) is 0 Å². The molecule has 1 aromatic carbocycles. The maximum absolute atomic E-state index is 11.3. The summed E-state index contributed by atoms with van der Waals surface area (Å²) in [4.78, 5) is 13.2. The van der Waals surface area contributed by atoms with Crippen molar-refractivity contribution in [3.63, 3.8) is 0 Å². The molecule has 0 bridgehead atoms. The number of hydrogen-bond acceptors (Lipinski definition) is 2. The number of fused-ring (bicyclic) bond motifs is 1. The maximum Gasteiger partial charge on any atom is 0.241 e. The highest BCUT2D eigenvalue weighted by molar-refractivity contribution is 5.87. The van der Waals surface area contributed by atoms with Gasteiger partial charge in [-0.3, -0.25) is 4.79 Å². The molecule has 2 aliphatic rings. The van der Waals surface area contributed by atoms with Crippen LogP contribution in [0.15, 0.2) is 24.3 Å². The number of likely N-dealkylation sites (tertiary alicyclic amines) is 1. The van der Waals surface area contributed by atoms with E-state index in [1.807, 2.05) is 4.90 Å². The van der Waals surface area contributed by atoms with Crippen LogP contribution in [0.2, 0.25) is 0 Å². The zero-order chi connectivity index (χ0) is 10.4. The van der Waals surface area contributed by atoms with E-state index in [4.69, 9.17) is 5.73 Å². The first-order chi connectivity index (χ1) is 7.25. The SMILES string of the molecule is NC1CN(CC2Cc3ccccc32)C1=O. The molecular weight excluding hydrogens is 188 g/mol. The number of carbonyl (C=O) groups excluding carboxylic acids is 1. The van der Waals surface area contributed by atoms with E-state index in [2.05, 4.69) is 24.3 Å². The van der Waals surface area contributed by atoms with Crippen LogP contribution < -0.4 is 5.73 Å². The van der Waals surface area contributed by atoms with E-state index in [0.29, 0.717) is 5.92 Å². The lowest BCUT2D eigenvalue weighted by Gasteiger charge is -2.41. The summed E-state index contributed by atoms with van der Waals surface area (Å²) in [6, 6.07) is 8.22. The Bertz CT molecular complexity index is 416. The van der Waals surface area contributed by atoms with Crippen molar-refractivity contribution in [2.75, 3.05) is 13.1 Å². The molecule has 1 amide bonds. The highest BCUT2D eigenvalue weighted by atomic mass is 16.2. The second kappa shape index (κ2) is 3.07. The van der Waals surface area contributed by atoms with Gasteiger partial charge in [0.25, 0.3) is 0 Å². The number of rotatable bonds is 2. The first-order valence-corrected chi connectivity index (χ1v) is 5.38. The van der Waals surface area contributed by atoms with Gasteiger partial charge in [0, 0.05) is 19.0 Å². The predicted molar refractivity (Wildman–Crippen MR) is 57.4 cm³/mol. The second-order valence-electron chi connectivity index (χ2n) is 4.45. The minimum Gasteiger partial charge on any atom is -0.339 e. The summed E-state index contributed by atoms with van der Waals surface area (Å²) in [6.07, 6.45) is 1.11. The van der Waals surface area contributed by atoms with E-state index in [9.17, 15) is 4.79 Å². The minimum atomic E-state index is -0.236. The molecule has 1 aliphatic heterocycles. The van der Waals surface area contributed by atoms with Gasteiger partial charge in [-0.1, -0.05) is 24.3 Å². The van der Waals surface area contributed by atoms with Crippen LogP contribution in [0.3, 0.4) is 0 Å². The van der Waals surface area contributed by atoms with E-state index in [1.54, 1.807) is 0 Å². The van der Waals surface area contributed by atoms with Crippen molar-refractivity contribution < 1.29 is 4.79 Å². The summed E-state index contributed by atoms with van der Waals surface area (Å²) in [7, 11) is 0. The van der Waals surface area contributed by atoms with Crippen LogP contribution in [-0.2, 0) is 11.2 Å². The Kier molecular flexibility index (Phi) is 1.83. The minimum absolute atomic E-state index is 0.111. The third-order valence-corrected chi connectivity index (χ3v) is 3.45. The van der Waals surface area contributed by atoms with Crippen LogP contribution in [0, 0.1) is 0 Å². The van der Waals surface area contributed by atoms with Gasteiger partial charge in [-0.15, -0.1) is 0 Å². The molecule has 2 N–H and O–H groups in total. The molecule has 0 spiro atoms. The van der Waals surface area contributed by atoms with E-state index in [-0.39, 0.29) is 11.9 Å². The third kappa shape index (κ3) is 1.27. The van der Waals surface area contributed by atoms with Gasteiger partial charge < -0.3 is 10.6 Å². The molecule has 1 saturated heterocycles. The standard InChI is InChI=1S/C12H14N2O/c13-11-7-14(12(11)15)6-9-5-8-3-1-2-4-10(8)9/h1-4,9,11H,5-7,13H2. The molecular formula is C12H14N2O. The summed E-state index contributed by atoms with van der Waals surface area (Å²) in [6.45, 7) is 1.58. The van der Waals surface area contributed by atoms with Crippen LogP contribution >= 0.6 is 0 Å². The number of β-lactam (4-membered cyclic amide) rings is 1. The van der Waals surface area contributed by atoms with Gasteiger partial charge in [0.2, 0.25) is 5.91 Å². The average Bonchev–Trinajstić information content (AvgIpc) is 2.24. The fourth-order valence-electron chi connectivity index (χ4n) is 2.48. The normalized spacial score (nSPS) is 28.1. The van der Waals surface area contributed by atoms with Gasteiger partial charge in [-0.2, -0.15) is 0 Å². The lowest BCUT2D eigenvalue weighted by molar-refractivity contribution is -0.142. The summed E-state index contributed by atoms with van der Waals surface area (Å²) in [5, 5.41) is 0. The van der Waals surface area contributed by atoms with E-state index in [1.165, 1.54) is 11.1 Å². The molecule has 2 unspecified atom stereocenters. The molecule has 1 aromatic rings. The molecule has 1 fully saturated rings. The molecule has 2 atom stereocenters. The van der Waals surface area contributed by atoms with Gasteiger partial charge >= 0.3 is 0 Å². The van der Waals surface area contributed by atoms with Gasteiger partial charge in [0.1, 0.15) is 6.04 Å². The molecule has 78 valence electrons. The Hall–Kier alpha value is -1.35. The van der Waals surface area contributed by atoms with Crippen molar-refractivity contribution in [3.8, 4) is 0 Å². The predicted octanol–water partition coefficient (Wildman–Crippen LogP) is 0.496. The first kappa shape index (κ1) is 8.92. The molecule has 1 aliphatic carbocycles. The Morgan fingerprint density at radius 1 is 1.40 bits per heavy atom. The van der Waals surface area contributed by atoms with E-state index < -0.39 is 0 Å². The van der Waals surface area contributed by atoms with Crippen molar-refractivity contribution in [1.29, 1.82) is 0 Å². The van der Waals surface area contributed by atoms with Crippen molar-refractivity contribution in [2.45, 2.75) is 18.4 Å².